The number of benzene rings is 2. The highest BCUT2D eigenvalue weighted by molar-refractivity contribution is 6.30. The van der Waals surface area contributed by atoms with Crippen LogP contribution in [0.2, 0.25) is 10.0 Å². The number of halogens is 2. The molecule has 5 nitrogen and oxygen atoms in total. The van der Waals surface area contributed by atoms with Crippen LogP contribution in [0.5, 0.6) is 0 Å². The van der Waals surface area contributed by atoms with Crippen molar-refractivity contribution in [2.75, 3.05) is 6.54 Å². The lowest BCUT2D eigenvalue weighted by Gasteiger charge is -2.12. The average molecular weight is 376 g/mol. The van der Waals surface area contributed by atoms with Gasteiger partial charge in [-0.2, -0.15) is 5.10 Å². The maximum absolute atomic E-state index is 12.4. The van der Waals surface area contributed by atoms with Gasteiger partial charge in [-0.3, -0.25) is 9.89 Å². The number of hydrogen-bond donors (Lipinski definition) is 3. The molecule has 0 radical (unpaired) electrons. The number of aliphatic hydroxyl groups is 1. The molecule has 3 aromatic rings. The summed E-state index contributed by atoms with van der Waals surface area (Å²) in [5.41, 5.74) is 2.41. The Balaban J connectivity index is 1.70. The molecule has 0 aliphatic heterocycles. The highest BCUT2D eigenvalue weighted by Gasteiger charge is 2.17. The molecule has 0 fully saturated rings. The first-order valence-electron chi connectivity index (χ1n) is 7.55. The Kier molecular flexibility index (Phi) is 5.38. The normalized spacial score (nSPS) is 12.0. The van der Waals surface area contributed by atoms with E-state index in [1.807, 2.05) is 0 Å². The van der Waals surface area contributed by atoms with Crippen LogP contribution in [0, 0.1) is 0 Å². The van der Waals surface area contributed by atoms with E-state index in [2.05, 4.69) is 15.5 Å². The van der Waals surface area contributed by atoms with Crippen LogP contribution in [0.3, 0.4) is 0 Å². The Bertz CT molecular complexity index is 878. The first-order valence-corrected chi connectivity index (χ1v) is 8.31. The molecule has 128 valence electrons. The minimum Gasteiger partial charge on any atom is -0.387 e. The monoisotopic (exact) mass is 375 g/mol. The molecule has 0 unspecified atom stereocenters. The van der Waals surface area contributed by atoms with E-state index in [0.717, 1.165) is 5.56 Å². The van der Waals surface area contributed by atoms with Crippen molar-refractivity contribution in [2.45, 2.75) is 6.10 Å². The maximum atomic E-state index is 12.4. The number of aliphatic hydroxyl groups excluding tert-OH is 1. The predicted molar refractivity (Wildman–Crippen MR) is 97.8 cm³/mol. The fourth-order valence-corrected chi connectivity index (χ4v) is 2.74. The zero-order valence-electron chi connectivity index (χ0n) is 13.0. The predicted octanol–water partition coefficient (Wildman–Crippen LogP) is 3.85. The number of carbonyl (C=O) groups is 1. The Hall–Kier alpha value is -2.34. The third-order valence-corrected chi connectivity index (χ3v) is 4.19. The third kappa shape index (κ3) is 4.20. The molecule has 0 aliphatic carbocycles. The van der Waals surface area contributed by atoms with E-state index in [0.29, 0.717) is 26.9 Å². The Morgan fingerprint density at radius 3 is 2.64 bits per heavy atom. The molecule has 0 saturated heterocycles. The molecule has 0 aliphatic rings. The van der Waals surface area contributed by atoms with E-state index < -0.39 is 6.10 Å². The topological polar surface area (TPSA) is 78.0 Å². The van der Waals surface area contributed by atoms with Gasteiger partial charge in [-0.25, -0.2) is 0 Å². The fourth-order valence-electron chi connectivity index (χ4n) is 2.41. The molecule has 1 heterocycles. The van der Waals surface area contributed by atoms with E-state index in [4.69, 9.17) is 23.2 Å². The first-order chi connectivity index (χ1) is 12.0. The second-order valence-corrected chi connectivity index (χ2v) is 6.32. The van der Waals surface area contributed by atoms with Crippen LogP contribution >= 0.6 is 23.2 Å². The van der Waals surface area contributed by atoms with Crippen molar-refractivity contribution < 1.29 is 9.90 Å². The van der Waals surface area contributed by atoms with Crippen LogP contribution in [0.1, 0.15) is 22.0 Å². The van der Waals surface area contributed by atoms with Crippen molar-refractivity contribution in [1.29, 1.82) is 0 Å². The van der Waals surface area contributed by atoms with Gasteiger partial charge in [0.1, 0.15) is 0 Å². The summed E-state index contributed by atoms with van der Waals surface area (Å²) in [6.45, 7) is 0.0599. The molecule has 1 amide bonds. The molecular weight excluding hydrogens is 361 g/mol. The van der Waals surface area contributed by atoms with Crippen LogP contribution in [-0.4, -0.2) is 27.8 Å². The highest BCUT2D eigenvalue weighted by Crippen LogP contribution is 2.23. The number of amides is 1. The number of carbonyl (C=O) groups excluding carboxylic acids is 1. The van der Waals surface area contributed by atoms with Crippen LogP contribution in [0.25, 0.3) is 11.3 Å². The molecule has 1 atom stereocenters. The summed E-state index contributed by atoms with van der Waals surface area (Å²) in [6, 6.07) is 14.0. The summed E-state index contributed by atoms with van der Waals surface area (Å²) in [7, 11) is 0. The molecule has 3 rings (SSSR count). The minimum atomic E-state index is -0.853. The van der Waals surface area contributed by atoms with Gasteiger partial charge in [0, 0.05) is 22.2 Å². The van der Waals surface area contributed by atoms with Crippen molar-refractivity contribution in [2.24, 2.45) is 0 Å². The zero-order valence-corrected chi connectivity index (χ0v) is 14.6. The lowest BCUT2D eigenvalue weighted by atomic mass is 10.1. The maximum Gasteiger partial charge on any atom is 0.255 e. The minimum absolute atomic E-state index is 0.0599. The number of nitrogens with zero attached hydrogens (tertiary/aromatic N) is 1. The number of hydrogen-bond acceptors (Lipinski definition) is 3. The van der Waals surface area contributed by atoms with Gasteiger partial charge in [-0.15, -0.1) is 0 Å². The summed E-state index contributed by atoms with van der Waals surface area (Å²) >= 11 is 11.8. The highest BCUT2D eigenvalue weighted by atomic mass is 35.5. The van der Waals surface area contributed by atoms with Gasteiger partial charge in [0.25, 0.3) is 5.91 Å². The van der Waals surface area contributed by atoms with Crippen LogP contribution in [0.15, 0.2) is 54.7 Å². The van der Waals surface area contributed by atoms with Crippen molar-refractivity contribution in [3.8, 4) is 11.3 Å². The van der Waals surface area contributed by atoms with Gasteiger partial charge in [0.05, 0.1) is 23.6 Å². The number of nitrogens with one attached hydrogen (secondary N) is 2. The van der Waals surface area contributed by atoms with Crippen LogP contribution < -0.4 is 5.32 Å². The third-order valence-electron chi connectivity index (χ3n) is 3.71. The fraction of sp³-hybridized carbons (Fsp3) is 0.111. The van der Waals surface area contributed by atoms with Crippen LogP contribution in [-0.2, 0) is 0 Å². The zero-order chi connectivity index (χ0) is 17.8. The van der Waals surface area contributed by atoms with E-state index >= 15 is 0 Å². The molecule has 7 heteroatoms. The molecule has 0 spiro atoms. The molecule has 0 saturated carbocycles. The van der Waals surface area contributed by atoms with Crippen LogP contribution in [0.4, 0.5) is 0 Å². The average Bonchev–Trinajstić information content (AvgIpc) is 3.10. The number of aromatic nitrogens is 2. The van der Waals surface area contributed by atoms with Gasteiger partial charge in [0.2, 0.25) is 0 Å². The summed E-state index contributed by atoms with van der Waals surface area (Å²) in [5.74, 6) is -0.334. The Morgan fingerprint density at radius 1 is 1.16 bits per heavy atom. The van der Waals surface area contributed by atoms with Crippen molar-refractivity contribution >= 4 is 29.1 Å². The van der Waals surface area contributed by atoms with Crippen molar-refractivity contribution in [3.05, 3.63) is 75.9 Å². The van der Waals surface area contributed by atoms with Gasteiger partial charge < -0.3 is 10.4 Å². The largest absolute Gasteiger partial charge is 0.387 e. The quantitative estimate of drug-likeness (QED) is 0.633. The molecule has 25 heavy (non-hydrogen) atoms. The second-order valence-electron chi connectivity index (χ2n) is 5.45. The smallest absolute Gasteiger partial charge is 0.255 e. The van der Waals surface area contributed by atoms with E-state index in [1.54, 1.807) is 48.5 Å². The standard InChI is InChI=1S/C18H15Cl2N3O2/c19-13-6-4-11(5-7-13)17-15(9-22-23-17)18(25)21-10-16(24)12-2-1-3-14(20)8-12/h1-9,16,24H,10H2,(H,21,25)(H,22,23)/t16-/m1/s1. The van der Waals surface area contributed by atoms with Gasteiger partial charge in [0.15, 0.2) is 0 Å². The first kappa shape index (κ1) is 17.5. The second kappa shape index (κ2) is 7.70. The van der Waals surface area contributed by atoms with Gasteiger partial charge in [-0.05, 0) is 29.8 Å². The number of aromatic amines is 1. The lowest BCUT2D eigenvalue weighted by molar-refractivity contribution is 0.0917. The Morgan fingerprint density at radius 2 is 1.92 bits per heavy atom. The molecule has 0 bridgehead atoms. The summed E-state index contributed by atoms with van der Waals surface area (Å²) in [5, 5.41) is 20.8. The van der Waals surface area contributed by atoms with E-state index in [1.165, 1.54) is 6.20 Å². The van der Waals surface area contributed by atoms with Crippen molar-refractivity contribution in [3.63, 3.8) is 0 Å². The Labute approximate surface area is 154 Å². The molecule has 3 N–H and O–H groups in total. The summed E-state index contributed by atoms with van der Waals surface area (Å²) < 4.78 is 0. The van der Waals surface area contributed by atoms with E-state index in [9.17, 15) is 9.90 Å². The SMILES string of the molecule is O=C(NC[C@@H](O)c1cccc(Cl)c1)c1cn[nH]c1-c1ccc(Cl)cc1. The molecule has 2 aromatic carbocycles. The van der Waals surface area contributed by atoms with E-state index in [-0.39, 0.29) is 12.5 Å². The number of rotatable bonds is 5. The molecule has 1 aromatic heterocycles. The molecular formula is C18H15Cl2N3O2. The van der Waals surface area contributed by atoms with Gasteiger partial charge >= 0.3 is 0 Å². The lowest BCUT2D eigenvalue weighted by Crippen LogP contribution is -2.28. The summed E-state index contributed by atoms with van der Waals surface area (Å²) in [4.78, 5) is 12.4. The van der Waals surface area contributed by atoms with Gasteiger partial charge in [-0.1, -0.05) is 47.5 Å². The summed E-state index contributed by atoms with van der Waals surface area (Å²) in [6.07, 6.45) is 0.596. The number of H-pyrrole nitrogens is 1. The van der Waals surface area contributed by atoms with Crippen molar-refractivity contribution in [1.82, 2.24) is 15.5 Å².